The molecule has 0 saturated carbocycles. The van der Waals surface area contributed by atoms with Crippen molar-refractivity contribution in [1.82, 2.24) is 0 Å². The quantitative estimate of drug-likeness (QED) is 0.228. The van der Waals surface area contributed by atoms with E-state index >= 15 is 0 Å². The molecule has 0 bridgehead atoms. The summed E-state index contributed by atoms with van der Waals surface area (Å²) in [5, 5.41) is 0. The molecule has 0 aliphatic rings. The van der Waals surface area contributed by atoms with Crippen molar-refractivity contribution in [3.05, 3.63) is 24.3 Å². The molecule has 0 atom stereocenters. The highest BCUT2D eigenvalue weighted by molar-refractivity contribution is 5.82. The fourth-order valence-electron chi connectivity index (χ4n) is 1.70. The van der Waals surface area contributed by atoms with Gasteiger partial charge in [-0.3, -0.25) is 0 Å². The van der Waals surface area contributed by atoms with Crippen molar-refractivity contribution in [2.24, 2.45) is 0 Å². The Morgan fingerprint density at radius 3 is 2.17 bits per heavy atom. The van der Waals surface area contributed by atoms with Crippen molar-refractivity contribution in [3.63, 3.8) is 0 Å². The van der Waals surface area contributed by atoms with E-state index in [1.54, 1.807) is 6.08 Å². The second kappa shape index (κ2) is 14.0. The highest BCUT2D eigenvalue weighted by Crippen LogP contribution is 2.08. The van der Waals surface area contributed by atoms with Crippen LogP contribution in [-0.4, -0.2) is 12.6 Å². The topological polar surface area (TPSA) is 26.3 Å². The third kappa shape index (κ3) is 13.0. The van der Waals surface area contributed by atoms with Crippen LogP contribution in [0.1, 0.15) is 65.2 Å². The van der Waals surface area contributed by atoms with Crippen LogP contribution in [0.3, 0.4) is 0 Å². The minimum absolute atomic E-state index is 0.240. The summed E-state index contributed by atoms with van der Waals surface area (Å²) in [6, 6.07) is 0. The summed E-state index contributed by atoms with van der Waals surface area (Å²) in [7, 11) is 0. The average Bonchev–Trinajstić information content (AvgIpc) is 2.37. The maximum absolute atomic E-state index is 11.2. The largest absolute Gasteiger partial charge is 0.463 e. The third-order valence-electron chi connectivity index (χ3n) is 2.78. The fraction of sp³-hybridized carbons (Fsp3) is 0.688. The molecule has 0 N–H and O–H groups in total. The zero-order valence-electron chi connectivity index (χ0n) is 12.0. The van der Waals surface area contributed by atoms with Crippen molar-refractivity contribution < 1.29 is 9.53 Å². The van der Waals surface area contributed by atoms with E-state index in [2.05, 4.69) is 6.92 Å². The van der Waals surface area contributed by atoms with E-state index in [0.717, 1.165) is 12.8 Å². The van der Waals surface area contributed by atoms with Gasteiger partial charge in [0.25, 0.3) is 0 Å². The summed E-state index contributed by atoms with van der Waals surface area (Å²) in [6.07, 6.45) is 17.0. The first-order valence-corrected chi connectivity index (χ1v) is 7.27. The number of carbonyl (C=O) groups is 1. The molecule has 0 saturated heterocycles. The van der Waals surface area contributed by atoms with Crippen LogP contribution in [0.2, 0.25) is 0 Å². The van der Waals surface area contributed by atoms with Gasteiger partial charge in [-0.25, -0.2) is 4.79 Å². The molecule has 104 valence electrons. The molecular weight excluding hydrogens is 224 g/mol. The first-order valence-electron chi connectivity index (χ1n) is 7.27. The van der Waals surface area contributed by atoms with Gasteiger partial charge >= 0.3 is 5.97 Å². The minimum Gasteiger partial charge on any atom is -0.463 e. The van der Waals surface area contributed by atoms with Crippen LogP contribution in [0.4, 0.5) is 0 Å². The van der Waals surface area contributed by atoms with Crippen LogP contribution in [0, 0.1) is 0 Å². The lowest BCUT2D eigenvalue weighted by atomic mass is 10.1. The minimum atomic E-state index is -0.240. The third-order valence-corrected chi connectivity index (χ3v) is 2.78. The molecule has 0 aromatic rings. The number of esters is 1. The zero-order chi connectivity index (χ0) is 13.5. The van der Waals surface area contributed by atoms with E-state index in [9.17, 15) is 4.79 Å². The molecule has 18 heavy (non-hydrogen) atoms. The molecule has 2 heteroatoms. The number of rotatable bonds is 11. The molecule has 0 heterocycles. The van der Waals surface area contributed by atoms with Gasteiger partial charge in [0.1, 0.15) is 0 Å². The van der Waals surface area contributed by atoms with E-state index in [-0.39, 0.29) is 5.97 Å². The average molecular weight is 252 g/mol. The van der Waals surface area contributed by atoms with Crippen molar-refractivity contribution in [1.29, 1.82) is 0 Å². The van der Waals surface area contributed by atoms with Crippen molar-refractivity contribution in [2.45, 2.75) is 65.2 Å². The number of allylic oxidation sites excluding steroid dienone is 3. The summed E-state index contributed by atoms with van der Waals surface area (Å²) in [4.78, 5) is 11.2. The number of hydrogen-bond donors (Lipinski definition) is 0. The molecule has 0 radical (unpaired) electrons. The summed E-state index contributed by atoms with van der Waals surface area (Å²) in [6.45, 7) is 4.70. The molecule has 0 fully saturated rings. The maximum atomic E-state index is 11.2. The number of carbonyl (C=O) groups excluding carboxylic acids is 1. The lowest BCUT2D eigenvalue weighted by Crippen LogP contribution is -2.02. The Kier molecular flexibility index (Phi) is 13.2. The van der Waals surface area contributed by atoms with E-state index in [1.807, 2.05) is 19.1 Å². The van der Waals surface area contributed by atoms with Crippen LogP contribution in [0.25, 0.3) is 0 Å². The molecule has 0 aliphatic carbocycles. The number of unbranched alkanes of at least 4 members (excludes halogenated alkanes) is 7. The standard InChI is InChI=1S/C16H28O2/c1-3-5-7-8-9-10-11-13-15-18-16(17)14-12-6-4-2/h4,6,12,14H,3,5,7-11,13,15H2,1-2H3/b6-4+,14-12+. The Hall–Kier alpha value is -1.05. The zero-order valence-corrected chi connectivity index (χ0v) is 12.0. The Morgan fingerprint density at radius 2 is 1.56 bits per heavy atom. The molecule has 0 spiro atoms. The first-order chi connectivity index (χ1) is 8.81. The Morgan fingerprint density at radius 1 is 0.944 bits per heavy atom. The molecule has 0 amide bonds. The summed E-state index contributed by atoms with van der Waals surface area (Å²) >= 11 is 0. The van der Waals surface area contributed by atoms with E-state index < -0.39 is 0 Å². The van der Waals surface area contributed by atoms with Crippen molar-refractivity contribution in [2.75, 3.05) is 6.61 Å². The molecule has 0 aromatic heterocycles. The van der Waals surface area contributed by atoms with Crippen molar-refractivity contribution >= 4 is 5.97 Å². The van der Waals surface area contributed by atoms with Gasteiger partial charge < -0.3 is 4.74 Å². The van der Waals surface area contributed by atoms with Crippen LogP contribution in [0.5, 0.6) is 0 Å². The Bertz CT molecular complexity index is 241. The van der Waals surface area contributed by atoms with Crippen LogP contribution in [0.15, 0.2) is 24.3 Å². The first kappa shape index (κ1) is 16.9. The molecule has 0 rings (SSSR count). The molecule has 0 aromatic carbocycles. The predicted octanol–water partition coefficient (Wildman–Crippen LogP) is 4.80. The summed E-state index contributed by atoms with van der Waals surface area (Å²) in [5.41, 5.74) is 0. The van der Waals surface area contributed by atoms with Gasteiger partial charge in [0.05, 0.1) is 6.61 Å². The summed E-state index contributed by atoms with van der Waals surface area (Å²) < 4.78 is 5.07. The monoisotopic (exact) mass is 252 g/mol. The Labute approximate surface area is 112 Å². The SMILES string of the molecule is C/C=C/C=C/C(=O)OCCCCCCCCCC. The summed E-state index contributed by atoms with van der Waals surface area (Å²) in [5.74, 6) is -0.240. The molecule has 2 nitrogen and oxygen atoms in total. The van der Waals surface area contributed by atoms with Gasteiger partial charge in [-0.2, -0.15) is 0 Å². The van der Waals surface area contributed by atoms with Gasteiger partial charge in [-0.05, 0) is 13.3 Å². The van der Waals surface area contributed by atoms with Crippen molar-refractivity contribution in [3.8, 4) is 0 Å². The van der Waals surface area contributed by atoms with Gasteiger partial charge in [0.2, 0.25) is 0 Å². The molecule has 0 aliphatic heterocycles. The highest BCUT2D eigenvalue weighted by atomic mass is 16.5. The Balaban J connectivity index is 3.22. The lowest BCUT2D eigenvalue weighted by Gasteiger charge is -2.02. The van der Waals surface area contributed by atoms with Gasteiger partial charge in [-0.1, -0.05) is 70.1 Å². The van der Waals surface area contributed by atoms with Crippen LogP contribution >= 0.6 is 0 Å². The highest BCUT2D eigenvalue weighted by Gasteiger charge is 1.96. The normalized spacial score (nSPS) is 11.4. The molecular formula is C16H28O2. The maximum Gasteiger partial charge on any atom is 0.330 e. The van der Waals surface area contributed by atoms with Gasteiger partial charge in [0.15, 0.2) is 0 Å². The van der Waals surface area contributed by atoms with Gasteiger partial charge in [-0.15, -0.1) is 0 Å². The van der Waals surface area contributed by atoms with Gasteiger partial charge in [0, 0.05) is 6.08 Å². The van der Waals surface area contributed by atoms with E-state index in [1.165, 1.54) is 44.6 Å². The second-order valence-electron chi connectivity index (χ2n) is 4.53. The van der Waals surface area contributed by atoms with E-state index in [0.29, 0.717) is 6.61 Å². The number of ether oxygens (including phenoxy) is 1. The molecule has 0 unspecified atom stereocenters. The smallest absolute Gasteiger partial charge is 0.330 e. The fourth-order valence-corrected chi connectivity index (χ4v) is 1.70. The van der Waals surface area contributed by atoms with Crippen LogP contribution in [-0.2, 0) is 9.53 Å². The van der Waals surface area contributed by atoms with E-state index in [4.69, 9.17) is 4.74 Å². The van der Waals surface area contributed by atoms with Crippen LogP contribution < -0.4 is 0 Å². The number of hydrogen-bond acceptors (Lipinski definition) is 2. The lowest BCUT2D eigenvalue weighted by molar-refractivity contribution is -0.137. The predicted molar refractivity (Wildman–Crippen MR) is 77.5 cm³/mol. The second-order valence-corrected chi connectivity index (χ2v) is 4.53.